The van der Waals surface area contributed by atoms with E-state index in [-0.39, 0.29) is 5.82 Å². The van der Waals surface area contributed by atoms with Gasteiger partial charge >= 0.3 is 0 Å². The van der Waals surface area contributed by atoms with Crippen LogP contribution in [-0.4, -0.2) is 9.78 Å². The summed E-state index contributed by atoms with van der Waals surface area (Å²) in [4.78, 5) is 0. The van der Waals surface area contributed by atoms with Crippen LogP contribution in [0.5, 0.6) is 0 Å². The molecule has 20 heavy (non-hydrogen) atoms. The van der Waals surface area contributed by atoms with Crippen molar-refractivity contribution in [2.24, 2.45) is 0 Å². The number of halogens is 3. The second-order valence-corrected chi connectivity index (χ2v) is 5.59. The van der Waals surface area contributed by atoms with Crippen molar-refractivity contribution in [3.05, 3.63) is 44.9 Å². The van der Waals surface area contributed by atoms with Crippen LogP contribution in [0.25, 0.3) is 0 Å². The Bertz CT molecular complexity index is 613. The molecule has 1 aromatic carbocycles. The highest BCUT2D eigenvalue weighted by molar-refractivity contribution is 9.10. The Hall–Kier alpha value is -1.07. The van der Waals surface area contributed by atoms with Crippen LogP contribution in [0.15, 0.2) is 22.7 Å². The average Bonchev–Trinajstić information content (AvgIpc) is 2.76. The molecule has 0 radical (unpaired) electrons. The van der Waals surface area contributed by atoms with E-state index < -0.39 is 0 Å². The molecule has 0 spiro atoms. The van der Waals surface area contributed by atoms with Gasteiger partial charge in [-0.1, -0.05) is 18.5 Å². The van der Waals surface area contributed by atoms with Gasteiger partial charge in [0.1, 0.15) is 5.82 Å². The summed E-state index contributed by atoms with van der Waals surface area (Å²) < 4.78 is 15.8. The lowest BCUT2D eigenvalue weighted by Gasteiger charge is -2.09. The summed E-state index contributed by atoms with van der Waals surface area (Å²) in [7, 11) is 0. The van der Waals surface area contributed by atoms with Crippen LogP contribution in [0.3, 0.4) is 0 Å². The molecule has 108 valence electrons. The summed E-state index contributed by atoms with van der Waals surface area (Å²) in [5.74, 6) is -0.292. The molecule has 0 unspecified atom stereocenters. The van der Waals surface area contributed by atoms with Crippen LogP contribution in [0.2, 0.25) is 5.02 Å². The lowest BCUT2D eigenvalue weighted by molar-refractivity contribution is 0.617. The molecule has 0 aliphatic heterocycles. The second kappa shape index (κ2) is 6.59. The van der Waals surface area contributed by atoms with Gasteiger partial charge in [0.15, 0.2) is 0 Å². The van der Waals surface area contributed by atoms with Gasteiger partial charge in [0.05, 0.1) is 27.4 Å². The third-order valence-corrected chi connectivity index (χ3v) is 4.15. The van der Waals surface area contributed by atoms with Crippen molar-refractivity contribution in [1.29, 1.82) is 0 Å². The number of anilines is 1. The van der Waals surface area contributed by atoms with Gasteiger partial charge in [0, 0.05) is 12.2 Å². The van der Waals surface area contributed by atoms with E-state index in [0.717, 1.165) is 24.4 Å². The van der Waals surface area contributed by atoms with Crippen molar-refractivity contribution in [3.63, 3.8) is 0 Å². The maximum absolute atomic E-state index is 13.5. The second-order valence-electron chi connectivity index (χ2n) is 4.36. The highest BCUT2D eigenvalue weighted by Crippen LogP contribution is 2.24. The lowest BCUT2D eigenvalue weighted by atomic mass is 10.2. The number of rotatable bonds is 5. The van der Waals surface area contributed by atoms with Crippen LogP contribution in [0.4, 0.5) is 10.1 Å². The van der Waals surface area contributed by atoms with Gasteiger partial charge in [0.25, 0.3) is 0 Å². The quantitative estimate of drug-likeness (QED) is 0.842. The molecular weight excluding hydrogens is 345 g/mol. The molecule has 1 N–H and O–H groups in total. The first-order chi connectivity index (χ1) is 9.56. The van der Waals surface area contributed by atoms with E-state index in [1.54, 1.807) is 6.07 Å². The van der Waals surface area contributed by atoms with Crippen LogP contribution >= 0.6 is 27.5 Å². The number of nitrogens with zero attached hydrogens (tertiary/aromatic N) is 2. The smallest absolute Gasteiger partial charge is 0.139 e. The Morgan fingerprint density at radius 2 is 2.15 bits per heavy atom. The van der Waals surface area contributed by atoms with Crippen molar-refractivity contribution >= 4 is 33.2 Å². The molecule has 2 aromatic rings. The number of benzene rings is 1. The highest BCUT2D eigenvalue weighted by atomic mass is 79.9. The fraction of sp³-hybridized carbons (Fsp3) is 0.357. The molecule has 0 atom stereocenters. The molecular formula is C14H16BrClFN3. The van der Waals surface area contributed by atoms with Gasteiger partial charge in [-0.25, -0.2) is 4.39 Å². The van der Waals surface area contributed by atoms with Gasteiger partial charge in [-0.05, 0) is 47.5 Å². The molecule has 0 saturated carbocycles. The van der Waals surface area contributed by atoms with Crippen molar-refractivity contribution in [1.82, 2.24) is 9.78 Å². The monoisotopic (exact) mass is 359 g/mol. The molecule has 0 fully saturated rings. The Morgan fingerprint density at radius 1 is 1.40 bits per heavy atom. The van der Waals surface area contributed by atoms with Gasteiger partial charge in [-0.3, -0.25) is 4.68 Å². The third kappa shape index (κ3) is 3.15. The normalized spacial score (nSPS) is 10.8. The summed E-state index contributed by atoms with van der Waals surface area (Å²) in [5, 5.41) is 8.32. The van der Waals surface area contributed by atoms with Gasteiger partial charge in [-0.2, -0.15) is 5.10 Å². The van der Waals surface area contributed by atoms with Crippen LogP contribution in [-0.2, 0) is 19.5 Å². The molecule has 0 aliphatic rings. The molecule has 0 aliphatic carbocycles. The van der Waals surface area contributed by atoms with E-state index in [2.05, 4.69) is 26.3 Å². The summed E-state index contributed by atoms with van der Waals surface area (Å²) >= 11 is 9.46. The van der Waals surface area contributed by atoms with Crippen LogP contribution in [0.1, 0.15) is 25.2 Å². The lowest BCUT2D eigenvalue weighted by Crippen LogP contribution is -2.08. The Morgan fingerprint density at radius 3 is 2.75 bits per heavy atom. The third-order valence-electron chi connectivity index (χ3n) is 3.07. The zero-order valence-electron chi connectivity index (χ0n) is 11.4. The summed E-state index contributed by atoms with van der Waals surface area (Å²) in [6, 6.07) is 4.94. The number of aromatic nitrogens is 2. The molecule has 1 aromatic heterocycles. The molecule has 0 saturated heterocycles. The van der Waals surface area contributed by atoms with Crippen molar-refractivity contribution < 1.29 is 4.39 Å². The molecule has 6 heteroatoms. The van der Waals surface area contributed by atoms with Crippen LogP contribution < -0.4 is 5.32 Å². The fourth-order valence-corrected chi connectivity index (χ4v) is 2.56. The van der Waals surface area contributed by atoms with Crippen molar-refractivity contribution in [3.8, 4) is 0 Å². The van der Waals surface area contributed by atoms with E-state index in [1.165, 1.54) is 6.07 Å². The maximum atomic E-state index is 13.5. The number of nitrogens with one attached hydrogen (secondary N) is 1. The zero-order valence-corrected chi connectivity index (χ0v) is 13.7. The number of aryl methyl sites for hydroxylation is 2. The summed E-state index contributed by atoms with van der Waals surface area (Å²) in [6.07, 6.45) is 0.797. The van der Waals surface area contributed by atoms with E-state index in [0.29, 0.717) is 21.7 Å². The zero-order chi connectivity index (χ0) is 14.7. The molecule has 0 bridgehead atoms. The predicted octanol–water partition coefficient (Wildman–Crippen LogP) is 4.63. The topological polar surface area (TPSA) is 29.9 Å². The number of hydrogen-bond acceptors (Lipinski definition) is 2. The largest absolute Gasteiger partial charge is 0.379 e. The first-order valence-corrected chi connectivity index (χ1v) is 7.66. The van der Waals surface area contributed by atoms with Crippen molar-refractivity contribution in [2.75, 3.05) is 5.32 Å². The van der Waals surface area contributed by atoms with Crippen LogP contribution in [0, 0.1) is 5.82 Å². The Kier molecular flexibility index (Phi) is 5.05. The van der Waals surface area contributed by atoms with Gasteiger partial charge in [0.2, 0.25) is 0 Å². The minimum atomic E-state index is -0.292. The Balaban J connectivity index is 2.17. The standard InChI is InChI=1S/C14H16BrClFN3/c1-3-12-14(16)13(20(4-2)19-12)8-18-9-5-6-10(15)11(17)7-9/h5-7,18H,3-4,8H2,1-2H3. The van der Waals surface area contributed by atoms with Gasteiger partial charge in [-0.15, -0.1) is 0 Å². The number of hydrogen-bond donors (Lipinski definition) is 1. The maximum Gasteiger partial charge on any atom is 0.139 e. The van der Waals surface area contributed by atoms with Crippen molar-refractivity contribution in [2.45, 2.75) is 33.4 Å². The van der Waals surface area contributed by atoms with Gasteiger partial charge < -0.3 is 5.32 Å². The highest BCUT2D eigenvalue weighted by Gasteiger charge is 2.14. The SMILES string of the molecule is CCc1nn(CC)c(CNc2ccc(Br)c(F)c2)c1Cl. The minimum Gasteiger partial charge on any atom is -0.379 e. The van der Waals surface area contributed by atoms with E-state index in [4.69, 9.17) is 11.6 Å². The van der Waals surface area contributed by atoms with E-state index >= 15 is 0 Å². The first kappa shape index (κ1) is 15.3. The predicted molar refractivity (Wildman–Crippen MR) is 83.7 cm³/mol. The fourth-order valence-electron chi connectivity index (χ4n) is 1.98. The summed E-state index contributed by atoms with van der Waals surface area (Å²) in [6.45, 7) is 5.31. The first-order valence-electron chi connectivity index (χ1n) is 6.49. The molecule has 2 rings (SSSR count). The van der Waals surface area contributed by atoms with E-state index in [9.17, 15) is 4.39 Å². The molecule has 3 nitrogen and oxygen atoms in total. The molecule has 0 amide bonds. The Labute approximate surface area is 131 Å². The van der Waals surface area contributed by atoms with E-state index in [1.807, 2.05) is 24.6 Å². The average molecular weight is 361 g/mol. The minimum absolute atomic E-state index is 0.292. The summed E-state index contributed by atoms with van der Waals surface area (Å²) in [5.41, 5.74) is 2.53. The molecule has 1 heterocycles.